The minimum Gasteiger partial charge on any atom is -0.277 e. The van der Waals surface area contributed by atoms with E-state index in [9.17, 15) is 29.3 Å². The van der Waals surface area contributed by atoms with Crippen LogP contribution in [-0.4, -0.2) is 34.9 Å². The van der Waals surface area contributed by atoms with Gasteiger partial charge in [0.1, 0.15) is 0 Å². The van der Waals surface area contributed by atoms with Crippen LogP contribution in [0.1, 0.15) is 10.4 Å². The van der Waals surface area contributed by atoms with E-state index in [1.807, 2.05) is 10.6 Å². The smallest absolute Gasteiger partial charge is 0.277 e. The molecule has 0 radical (unpaired) electrons. The summed E-state index contributed by atoms with van der Waals surface area (Å²) in [5, 5.41) is 17.7. The number of benzene rings is 1. The van der Waals surface area contributed by atoms with Crippen molar-refractivity contribution in [3.8, 4) is 0 Å². The Balaban J connectivity index is 1.98. The van der Waals surface area contributed by atoms with Crippen LogP contribution in [0.4, 0.5) is 10.5 Å². The maximum Gasteiger partial charge on any atom is 0.328 e. The first-order valence-corrected chi connectivity index (χ1v) is 6.12. The summed E-state index contributed by atoms with van der Waals surface area (Å²) in [6, 6.07) is 3.81. The second-order valence-electron chi connectivity index (χ2n) is 4.31. The lowest BCUT2D eigenvalue weighted by Crippen LogP contribution is -2.56. The van der Waals surface area contributed by atoms with Gasteiger partial charge in [-0.3, -0.25) is 35.1 Å². The summed E-state index contributed by atoms with van der Waals surface area (Å²) in [7, 11) is 0. The van der Waals surface area contributed by atoms with Gasteiger partial charge in [0.2, 0.25) is 11.8 Å². The van der Waals surface area contributed by atoms with Crippen molar-refractivity contribution in [3.05, 3.63) is 39.9 Å². The summed E-state index contributed by atoms with van der Waals surface area (Å²) < 4.78 is 0. The molecule has 0 saturated carbocycles. The van der Waals surface area contributed by atoms with Crippen LogP contribution < -0.4 is 16.1 Å². The zero-order valence-electron chi connectivity index (χ0n) is 11.3. The second-order valence-corrected chi connectivity index (χ2v) is 4.31. The quantitative estimate of drug-likeness (QED) is 0.287. The Morgan fingerprint density at radius 2 is 1.74 bits per heavy atom. The van der Waals surface area contributed by atoms with Crippen molar-refractivity contribution in [2.45, 2.75) is 0 Å². The molecule has 0 unspecified atom stereocenters. The Kier molecular flexibility index (Phi) is 4.40. The van der Waals surface area contributed by atoms with E-state index in [2.05, 4.69) is 10.5 Å². The standard InChI is InChI=1S/C12H9N5O6/c18-9(6-1-3-7(4-2-6)17(22)23)16-13-5-8-10(19)14-12(21)15-11(8)20/h1-5,8H,(H,16,18)(H2,14,15,19,20,21)/b13-5+. The van der Waals surface area contributed by atoms with Crippen LogP contribution in [0.3, 0.4) is 0 Å². The van der Waals surface area contributed by atoms with Gasteiger partial charge in [-0.1, -0.05) is 0 Å². The van der Waals surface area contributed by atoms with Gasteiger partial charge >= 0.3 is 6.03 Å². The molecule has 1 fully saturated rings. The highest BCUT2D eigenvalue weighted by atomic mass is 16.6. The predicted octanol–water partition coefficient (Wildman–Crippen LogP) is -0.707. The largest absolute Gasteiger partial charge is 0.328 e. The molecule has 118 valence electrons. The van der Waals surface area contributed by atoms with Crippen molar-refractivity contribution in [2.75, 3.05) is 0 Å². The zero-order valence-corrected chi connectivity index (χ0v) is 11.3. The molecule has 0 aliphatic carbocycles. The van der Waals surface area contributed by atoms with E-state index in [0.717, 1.165) is 18.3 Å². The third-order valence-electron chi connectivity index (χ3n) is 2.77. The van der Waals surface area contributed by atoms with Gasteiger partial charge in [0, 0.05) is 23.9 Å². The summed E-state index contributed by atoms with van der Waals surface area (Å²) >= 11 is 0. The van der Waals surface area contributed by atoms with Gasteiger partial charge < -0.3 is 0 Å². The number of nitrogens with one attached hydrogen (secondary N) is 3. The SMILES string of the molecule is O=C1NC(=O)C(/C=N/NC(=O)c2ccc([N+](=O)[O-])cc2)C(=O)N1. The Morgan fingerprint density at radius 3 is 2.26 bits per heavy atom. The summed E-state index contributed by atoms with van der Waals surface area (Å²) in [5.41, 5.74) is 1.98. The molecule has 1 aromatic rings. The molecule has 1 aliphatic heterocycles. The molecule has 0 atom stereocenters. The van der Waals surface area contributed by atoms with Gasteiger partial charge in [-0.05, 0) is 12.1 Å². The minimum absolute atomic E-state index is 0.0977. The first-order chi connectivity index (χ1) is 10.9. The predicted molar refractivity (Wildman–Crippen MR) is 74.2 cm³/mol. The zero-order chi connectivity index (χ0) is 17.0. The minimum atomic E-state index is -1.36. The normalized spacial score (nSPS) is 15.2. The van der Waals surface area contributed by atoms with Crippen molar-refractivity contribution in [2.24, 2.45) is 11.0 Å². The van der Waals surface area contributed by atoms with Crippen LogP contribution in [0.5, 0.6) is 0 Å². The molecule has 0 bridgehead atoms. The number of carbonyl (C=O) groups excluding carboxylic acids is 4. The highest BCUT2D eigenvalue weighted by molar-refractivity contribution is 6.23. The van der Waals surface area contributed by atoms with E-state index >= 15 is 0 Å². The Bertz CT molecular complexity index is 706. The summed E-state index contributed by atoms with van der Waals surface area (Å²) in [4.78, 5) is 55.3. The number of imide groups is 2. The number of rotatable bonds is 4. The molecule has 23 heavy (non-hydrogen) atoms. The molecular formula is C12H9N5O6. The molecule has 1 saturated heterocycles. The molecule has 11 heteroatoms. The Morgan fingerprint density at radius 1 is 1.17 bits per heavy atom. The van der Waals surface area contributed by atoms with Crippen LogP contribution in [0.25, 0.3) is 0 Å². The number of nitro groups is 1. The van der Waals surface area contributed by atoms with Gasteiger partial charge in [-0.15, -0.1) is 0 Å². The molecule has 1 aliphatic rings. The molecule has 3 N–H and O–H groups in total. The number of hydrogen-bond acceptors (Lipinski definition) is 7. The van der Waals surface area contributed by atoms with Crippen LogP contribution in [-0.2, 0) is 9.59 Å². The van der Waals surface area contributed by atoms with E-state index in [0.29, 0.717) is 0 Å². The average molecular weight is 319 g/mol. The van der Waals surface area contributed by atoms with Crippen molar-refractivity contribution >= 4 is 35.7 Å². The third kappa shape index (κ3) is 3.72. The van der Waals surface area contributed by atoms with Gasteiger partial charge in [-0.25, -0.2) is 10.2 Å². The number of non-ortho nitro benzene ring substituents is 1. The maximum absolute atomic E-state index is 11.7. The first-order valence-electron chi connectivity index (χ1n) is 6.12. The van der Waals surface area contributed by atoms with Gasteiger partial charge in [0.15, 0.2) is 5.92 Å². The molecule has 2 rings (SSSR count). The van der Waals surface area contributed by atoms with Crippen molar-refractivity contribution < 1.29 is 24.1 Å². The van der Waals surface area contributed by atoms with Crippen LogP contribution >= 0.6 is 0 Å². The molecule has 1 aromatic carbocycles. The monoisotopic (exact) mass is 319 g/mol. The average Bonchev–Trinajstić information content (AvgIpc) is 2.49. The molecule has 11 nitrogen and oxygen atoms in total. The van der Waals surface area contributed by atoms with Crippen molar-refractivity contribution in [1.82, 2.24) is 16.1 Å². The fourth-order valence-electron chi connectivity index (χ4n) is 1.63. The van der Waals surface area contributed by atoms with E-state index in [-0.39, 0.29) is 11.3 Å². The lowest BCUT2D eigenvalue weighted by atomic mass is 10.1. The lowest BCUT2D eigenvalue weighted by Gasteiger charge is -2.16. The van der Waals surface area contributed by atoms with E-state index in [4.69, 9.17) is 0 Å². The Hall–Kier alpha value is -3.63. The van der Waals surface area contributed by atoms with Crippen molar-refractivity contribution in [3.63, 3.8) is 0 Å². The number of nitrogens with zero attached hydrogens (tertiary/aromatic N) is 2. The maximum atomic E-state index is 11.7. The summed E-state index contributed by atoms with van der Waals surface area (Å²) in [6.45, 7) is 0. The molecular weight excluding hydrogens is 310 g/mol. The molecule has 1 heterocycles. The number of nitro benzene ring substituents is 1. The third-order valence-corrected chi connectivity index (χ3v) is 2.77. The number of urea groups is 1. The molecule has 0 aromatic heterocycles. The van der Waals surface area contributed by atoms with Crippen LogP contribution in [0.2, 0.25) is 0 Å². The fraction of sp³-hybridized carbons (Fsp3) is 0.0833. The van der Waals surface area contributed by atoms with Crippen LogP contribution in [0, 0.1) is 16.0 Å². The summed E-state index contributed by atoms with van der Waals surface area (Å²) in [5.74, 6) is -3.78. The van der Waals surface area contributed by atoms with Gasteiger partial charge in [0.25, 0.3) is 11.6 Å². The highest BCUT2D eigenvalue weighted by Gasteiger charge is 2.32. The molecule has 0 spiro atoms. The molecule has 5 amide bonds. The van der Waals surface area contributed by atoms with Gasteiger partial charge in [-0.2, -0.15) is 5.10 Å². The number of amides is 5. The number of hydrogen-bond donors (Lipinski definition) is 3. The first kappa shape index (κ1) is 15.8. The van der Waals surface area contributed by atoms with Gasteiger partial charge in [0.05, 0.1) is 4.92 Å². The number of hydrazone groups is 1. The number of barbiturate groups is 1. The second kappa shape index (κ2) is 6.43. The Labute approximate surface area is 127 Å². The van der Waals surface area contributed by atoms with Crippen molar-refractivity contribution in [1.29, 1.82) is 0 Å². The fourth-order valence-corrected chi connectivity index (χ4v) is 1.63. The van der Waals surface area contributed by atoms with Crippen LogP contribution in [0.15, 0.2) is 29.4 Å². The topological polar surface area (TPSA) is 160 Å². The lowest BCUT2D eigenvalue weighted by molar-refractivity contribution is -0.384. The van der Waals surface area contributed by atoms with E-state index < -0.39 is 34.6 Å². The number of carbonyl (C=O) groups is 4. The highest BCUT2D eigenvalue weighted by Crippen LogP contribution is 2.11. The summed E-state index contributed by atoms with van der Waals surface area (Å²) in [6.07, 6.45) is 0.862. The van der Waals surface area contributed by atoms with E-state index in [1.54, 1.807) is 0 Å². The van der Waals surface area contributed by atoms with E-state index in [1.165, 1.54) is 12.1 Å².